The Balaban J connectivity index is 1.69. The van der Waals surface area contributed by atoms with Gasteiger partial charge < -0.3 is 35.4 Å². The maximum absolute atomic E-state index is 11.8. The van der Waals surface area contributed by atoms with E-state index < -0.39 is 43.2 Å². The Morgan fingerprint density at radius 1 is 0.971 bits per heavy atom. The molecule has 10 heteroatoms. The molecule has 2 amide bonds. The maximum atomic E-state index is 11.8. The third-order valence-corrected chi connectivity index (χ3v) is 5.95. The topological polar surface area (TPSA) is 137 Å². The second-order valence-corrected chi connectivity index (χ2v) is 8.72. The van der Waals surface area contributed by atoms with Crippen LogP contribution in [0, 0.1) is 0 Å². The molecule has 0 aliphatic carbocycles. The highest BCUT2D eigenvalue weighted by atomic mass is 16.7. The zero-order valence-electron chi connectivity index (χ0n) is 19.6. The molecule has 5 atom stereocenters. The van der Waals surface area contributed by atoms with Crippen molar-refractivity contribution in [2.75, 3.05) is 26.0 Å². The number of hydrogen-bond acceptors (Lipinski definition) is 8. The van der Waals surface area contributed by atoms with E-state index in [4.69, 9.17) is 9.47 Å². The van der Waals surface area contributed by atoms with Gasteiger partial charge >= 0.3 is 5.91 Å². The molecule has 184 valence electrons. The number of hydrogen-bond donors (Lipinski definition) is 5. The quantitative estimate of drug-likeness (QED) is 0.373. The van der Waals surface area contributed by atoms with Crippen molar-refractivity contribution in [3.8, 4) is 5.75 Å². The minimum atomic E-state index is -1.38. The lowest BCUT2D eigenvalue weighted by Crippen LogP contribution is -2.65. The van der Waals surface area contributed by atoms with Gasteiger partial charge in [0.05, 0.1) is 27.6 Å². The van der Waals surface area contributed by atoms with Gasteiger partial charge in [0.15, 0.2) is 0 Å². The van der Waals surface area contributed by atoms with Crippen LogP contribution >= 0.6 is 0 Å². The van der Waals surface area contributed by atoms with Gasteiger partial charge in [-0.3, -0.25) is 4.79 Å². The minimum absolute atomic E-state index is 0.0336. The molecule has 5 N–H and O–H groups in total. The number of anilines is 2. The van der Waals surface area contributed by atoms with E-state index in [2.05, 4.69) is 10.6 Å². The molecular formula is C24H32N3O7+. The molecule has 1 fully saturated rings. The van der Waals surface area contributed by atoms with Gasteiger partial charge in [0.1, 0.15) is 35.8 Å². The van der Waals surface area contributed by atoms with E-state index in [0.717, 1.165) is 17.1 Å². The number of carbonyl (C=O) groups is 2. The van der Waals surface area contributed by atoms with Gasteiger partial charge in [0.2, 0.25) is 12.2 Å². The van der Waals surface area contributed by atoms with E-state index in [0.29, 0.717) is 5.75 Å². The van der Waals surface area contributed by atoms with Crippen molar-refractivity contribution in [1.82, 2.24) is 9.80 Å². The van der Waals surface area contributed by atoms with Crippen LogP contribution in [0.4, 0.5) is 17.1 Å². The number of rotatable bonds is 7. The zero-order valence-corrected chi connectivity index (χ0v) is 19.6. The van der Waals surface area contributed by atoms with E-state index in [1.54, 1.807) is 31.2 Å². The molecule has 2 aromatic rings. The monoisotopic (exact) mass is 474 g/mol. The Kier molecular flexibility index (Phi) is 7.90. The summed E-state index contributed by atoms with van der Waals surface area (Å²) >= 11 is 0. The molecule has 1 aliphatic rings. The van der Waals surface area contributed by atoms with E-state index >= 15 is 0 Å². The zero-order chi connectivity index (χ0) is 25.0. The molecule has 0 radical (unpaired) electrons. The Morgan fingerprint density at radius 2 is 1.53 bits per heavy atom. The number of nitrogens with one attached hydrogen (secondary N) is 2. The van der Waals surface area contributed by atoms with Crippen LogP contribution < -0.4 is 19.9 Å². The Hall–Kier alpha value is -3.02. The predicted molar refractivity (Wildman–Crippen MR) is 126 cm³/mol. The number of nitrogens with zero attached hydrogens (tertiary/aromatic N) is 1. The van der Waals surface area contributed by atoms with Crippen LogP contribution in [-0.2, 0) is 14.3 Å². The molecule has 34 heavy (non-hydrogen) atoms. The third kappa shape index (κ3) is 5.72. The van der Waals surface area contributed by atoms with Crippen LogP contribution in [0.2, 0.25) is 0 Å². The Labute approximate surface area is 198 Å². The fourth-order valence-corrected chi connectivity index (χ4v) is 3.59. The van der Waals surface area contributed by atoms with Crippen molar-refractivity contribution >= 4 is 28.9 Å². The van der Waals surface area contributed by atoms with E-state index in [-0.39, 0.29) is 10.4 Å². The fourth-order valence-electron chi connectivity index (χ4n) is 3.59. The summed E-state index contributed by atoms with van der Waals surface area (Å²) in [4.78, 5) is 23.4. The second-order valence-electron chi connectivity index (χ2n) is 8.72. The summed E-state index contributed by atoms with van der Waals surface area (Å²) in [6.07, 6.45) is -4.93. The number of amides is 2. The minimum Gasteiger partial charge on any atom is -0.463 e. The second kappa shape index (κ2) is 10.5. The van der Waals surface area contributed by atoms with Crippen molar-refractivity contribution in [2.24, 2.45) is 0 Å². The van der Waals surface area contributed by atoms with Crippen LogP contribution in [0.3, 0.4) is 0 Å². The largest absolute Gasteiger partial charge is 0.463 e. The predicted octanol–water partition coefficient (Wildman–Crippen LogP) is 0.866. The van der Waals surface area contributed by atoms with Gasteiger partial charge in [-0.25, -0.2) is 9.28 Å². The van der Waals surface area contributed by atoms with Crippen LogP contribution in [-0.4, -0.2) is 78.5 Å². The van der Waals surface area contributed by atoms with Crippen molar-refractivity contribution in [2.45, 2.75) is 44.5 Å². The van der Waals surface area contributed by atoms with Crippen LogP contribution in [0.15, 0.2) is 48.5 Å². The summed E-state index contributed by atoms with van der Waals surface area (Å²) in [6.45, 7) is 2.32. The maximum Gasteiger partial charge on any atom is 0.315 e. The highest BCUT2D eigenvalue weighted by Crippen LogP contribution is 2.27. The number of quaternary nitrogens is 1. The van der Waals surface area contributed by atoms with Crippen LogP contribution in [0.1, 0.15) is 13.8 Å². The Bertz CT molecular complexity index is 995. The Morgan fingerprint density at radius 3 is 2.03 bits per heavy atom. The lowest BCUT2D eigenvalue weighted by molar-refractivity contribution is -0.244. The lowest BCUT2D eigenvalue weighted by atomic mass is 9.97. The summed E-state index contributed by atoms with van der Waals surface area (Å²) in [7, 11) is 3.66. The number of ether oxygens (including phenoxy) is 2. The first kappa shape index (κ1) is 25.6. The molecule has 0 aromatic heterocycles. The molecular weight excluding hydrogens is 442 g/mol. The fraction of sp³-hybridized carbons (Fsp3) is 0.417. The van der Waals surface area contributed by atoms with Gasteiger partial charge in [-0.05, 0) is 36.4 Å². The molecule has 0 saturated carbocycles. The molecule has 2 aromatic carbocycles. The first-order valence-electron chi connectivity index (χ1n) is 10.9. The smallest absolute Gasteiger partial charge is 0.315 e. The average molecular weight is 475 g/mol. The number of benzene rings is 2. The molecule has 0 spiro atoms. The standard InChI is InChI=1S/C24H31N3O7/c1-14(29)25-21-23(32)22(31)20(13-28)34-24(21)33-19-11-7-17(8-12-19)26-16-5-9-18(10-6-16)27(3,4)15(2)30/h5-12,20-24,26,28,31-32H,13H2,1-4H3/p+1/t20-,21-,22-,23-,24-/m1/s1. The van der Waals surface area contributed by atoms with Crippen molar-refractivity contribution < 1.29 is 34.4 Å². The first-order valence-corrected chi connectivity index (χ1v) is 10.9. The van der Waals surface area contributed by atoms with Gasteiger partial charge in [-0.2, -0.15) is 0 Å². The van der Waals surface area contributed by atoms with Gasteiger partial charge in [-0.1, -0.05) is 0 Å². The molecule has 1 saturated heterocycles. The van der Waals surface area contributed by atoms with Crippen molar-refractivity contribution in [1.29, 1.82) is 0 Å². The number of aliphatic hydroxyl groups excluding tert-OH is 3. The van der Waals surface area contributed by atoms with Gasteiger partial charge in [0, 0.05) is 30.4 Å². The summed E-state index contributed by atoms with van der Waals surface area (Å²) < 4.78 is 11.5. The molecule has 1 heterocycles. The molecule has 0 bridgehead atoms. The first-order chi connectivity index (χ1) is 16.0. The molecule has 10 nitrogen and oxygen atoms in total. The average Bonchev–Trinajstić information content (AvgIpc) is 2.80. The normalized spacial score (nSPS) is 24.9. The molecule has 3 rings (SSSR count). The summed E-state index contributed by atoms with van der Waals surface area (Å²) in [5.41, 5.74) is 2.49. The molecule has 0 unspecified atom stereocenters. The SMILES string of the molecule is CC(=O)N[C@H]1[C@H](Oc2ccc(Nc3ccc([N+](C)(C)C(C)=O)cc3)cc2)O[C@H](CO)[C@@H](O)[C@@H]1O. The summed E-state index contributed by atoms with van der Waals surface area (Å²) in [5, 5.41) is 35.7. The molecule has 1 aliphatic heterocycles. The van der Waals surface area contributed by atoms with E-state index in [9.17, 15) is 24.9 Å². The van der Waals surface area contributed by atoms with Crippen molar-refractivity contribution in [3.63, 3.8) is 0 Å². The van der Waals surface area contributed by atoms with Crippen LogP contribution in [0.5, 0.6) is 5.75 Å². The third-order valence-electron chi connectivity index (χ3n) is 5.95. The van der Waals surface area contributed by atoms with E-state index in [1.165, 1.54) is 6.92 Å². The summed E-state index contributed by atoms with van der Waals surface area (Å²) in [6, 6.07) is 13.5. The van der Waals surface area contributed by atoms with Crippen LogP contribution in [0.25, 0.3) is 0 Å². The van der Waals surface area contributed by atoms with Gasteiger partial charge in [0.25, 0.3) is 0 Å². The van der Waals surface area contributed by atoms with Crippen molar-refractivity contribution in [3.05, 3.63) is 48.5 Å². The number of aliphatic hydroxyl groups is 3. The highest BCUT2D eigenvalue weighted by molar-refractivity contribution is 5.85. The highest BCUT2D eigenvalue weighted by Gasteiger charge is 2.46. The summed E-state index contributed by atoms with van der Waals surface area (Å²) in [5.74, 6) is 0.0142. The number of carbonyl (C=O) groups excluding carboxylic acids is 2. The van der Waals surface area contributed by atoms with E-state index in [1.807, 2.05) is 38.4 Å². The van der Waals surface area contributed by atoms with Gasteiger partial charge in [-0.15, -0.1) is 0 Å². The lowest BCUT2D eigenvalue weighted by Gasteiger charge is -2.42.